The Morgan fingerprint density at radius 2 is 1.93 bits per heavy atom. The topological polar surface area (TPSA) is 51.8 Å². The van der Waals surface area contributed by atoms with Crippen molar-refractivity contribution in [2.45, 2.75) is 44.9 Å². The Morgan fingerprint density at radius 3 is 2.57 bits per heavy atom. The van der Waals surface area contributed by atoms with E-state index in [1.807, 2.05) is 6.92 Å². The van der Waals surface area contributed by atoms with Gasteiger partial charge in [0, 0.05) is 17.3 Å². The molecule has 0 atom stereocenters. The van der Waals surface area contributed by atoms with Crippen molar-refractivity contribution in [2.24, 2.45) is 0 Å². The van der Waals surface area contributed by atoms with Gasteiger partial charge in [0.1, 0.15) is 0 Å². The van der Waals surface area contributed by atoms with E-state index in [1.54, 1.807) is 0 Å². The number of rotatable bonds is 1. The Bertz CT molecular complexity index is 296. The summed E-state index contributed by atoms with van der Waals surface area (Å²) in [6.07, 6.45) is 6.54. The van der Waals surface area contributed by atoms with E-state index in [1.165, 1.54) is 32.1 Å². The number of aryl methyl sites for hydroxylation is 1. The molecule has 0 saturated heterocycles. The van der Waals surface area contributed by atoms with Crippen molar-refractivity contribution >= 4 is 5.95 Å². The van der Waals surface area contributed by atoms with E-state index in [9.17, 15) is 0 Å². The molecule has 1 fully saturated rings. The van der Waals surface area contributed by atoms with Gasteiger partial charge in [0.2, 0.25) is 5.95 Å². The van der Waals surface area contributed by atoms with Crippen LogP contribution in [0.4, 0.5) is 5.95 Å². The number of nitrogens with two attached hydrogens (primary N) is 1. The van der Waals surface area contributed by atoms with Crippen molar-refractivity contribution in [3.05, 3.63) is 17.5 Å². The largest absolute Gasteiger partial charge is 0.368 e. The first-order valence-electron chi connectivity index (χ1n) is 5.37. The number of aromatic nitrogens is 2. The van der Waals surface area contributed by atoms with Gasteiger partial charge in [-0.3, -0.25) is 0 Å². The smallest absolute Gasteiger partial charge is 0.220 e. The predicted octanol–water partition coefficient (Wildman–Crippen LogP) is 2.41. The average molecular weight is 191 g/mol. The third-order valence-electron chi connectivity index (χ3n) is 2.91. The van der Waals surface area contributed by atoms with Crippen LogP contribution >= 0.6 is 0 Å². The lowest BCUT2D eigenvalue weighted by atomic mass is 9.87. The lowest BCUT2D eigenvalue weighted by Gasteiger charge is -2.21. The molecule has 0 aliphatic heterocycles. The minimum absolute atomic E-state index is 0.422. The minimum Gasteiger partial charge on any atom is -0.368 e. The van der Waals surface area contributed by atoms with E-state index in [0.29, 0.717) is 11.9 Å². The van der Waals surface area contributed by atoms with Crippen LogP contribution in [0.1, 0.15) is 49.4 Å². The fourth-order valence-corrected chi connectivity index (χ4v) is 2.22. The Balaban J connectivity index is 2.21. The molecular weight excluding hydrogens is 174 g/mol. The quantitative estimate of drug-likeness (QED) is 0.741. The maximum absolute atomic E-state index is 5.64. The van der Waals surface area contributed by atoms with E-state index in [0.717, 1.165) is 11.4 Å². The molecule has 1 heterocycles. The van der Waals surface area contributed by atoms with Gasteiger partial charge in [0.05, 0.1) is 0 Å². The number of hydrogen-bond acceptors (Lipinski definition) is 3. The average Bonchev–Trinajstić information content (AvgIpc) is 2.18. The summed E-state index contributed by atoms with van der Waals surface area (Å²) in [5, 5.41) is 0. The number of nitrogen functional groups attached to an aromatic ring is 1. The van der Waals surface area contributed by atoms with Crippen LogP contribution < -0.4 is 5.73 Å². The summed E-state index contributed by atoms with van der Waals surface area (Å²) >= 11 is 0. The second-order valence-electron chi connectivity index (χ2n) is 4.13. The van der Waals surface area contributed by atoms with Crippen LogP contribution in [0.15, 0.2) is 6.07 Å². The van der Waals surface area contributed by atoms with E-state index in [2.05, 4.69) is 16.0 Å². The minimum atomic E-state index is 0.422. The SMILES string of the molecule is Cc1cc(C2CCCCC2)nc(N)n1. The van der Waals surface area contributed by atoms with Crippen molar-refractivity contribution in [2.75, 3.05) is 5.73 Å². The van der Waals surface area contributed by atoms with Gasteiger partial charge < -0.3 is 5.73 Å². The fourth-order valence-electron chi connectivity index (χ4n) is 2.22. The molecule has 0 bridgehead atoms. The number of anilines is 1. The van der Waals surface area contributed by atoms with E-state index in [4.69, 9.17) is 5.73 Å². The molecule has 14 heavy (non-hydrogen) atoms. The molecule has 3 nitrogen and oxygen atoms in total. The zero-order valence-electron chi connectivity index (χ0n) is 8.66. The highest BCUT2D eigenvalue weighted by Crippen LogP contribution is 2.31. The molecule has 0 amide bonds. The van der Waals surface area contributed by atoms with Crippen LogP contribution in [-0.4, -0.2) is 9.97 Å². The molecule has 0 radical (unpaired) electrons. The third-order valence-corrected chi connectivity index (χ3v) is 2.91. The van der Waals surface area contributed by atoms with Gasteiger partial charge in [0.25, 0.3) is 0 Å². The summed E-state index contributed by atoms with van der Waals surface area (Å²) in [7, 11) is 0. The van der Waals surface area contributed by atoms with Gasteiger partial charge in [-0.1, -0.05) is 19.3 Å². The highest BCUT2D eigenvalue weighted by molar-refractivity contribution is 5.24. The zero-order valence-corrected chi connectivity index (χ0v) is 8.66. The van der Waals surface area contributed by atoms with Gasteiger partial charge in [-0.2, -0.15) is 0 Å². The Morgan fingerprint density at radius 1 is 1.21 bits per heavy atom. The second-order valence-corrected chi connectivity index (χ2v) is 4.13. The predicted molar refractivity (Wildman–Crippen MR) is 57.0 cm³/mol. The lowest BCUT2D eigenvalue weighted by Crippen LogP contribution is -2.09. The summed E-state index contributed by atoms with van der Waals surface area (Å²) in [5.41, 5.74) is 7.78. The number of nitrogens with zero attached hydrogens (tertiary/aromatic N) is 2. The summed E-state index contributed by atoms with van der Waals surface area (Å²) in [5.74, 6) is 1.04. The van der Waals surface area contributed by atoms with Gasteiger partial charge >= 0.3 is 0 Å². The molecule has 1 aromatic heterocycles. The second kappa shape index (κ2) is 3.95. The molecular formula is C11H17N3. The molecule has 1 saturated carbocycles. The first-order chi connectivity index (χ1) is 6.75. The molecule has 1 aliphatic rings. The molecule has 76 valence electrons. The van der Waals surface area contributed by atoms with Gasteiger partial charge in [-0.15, -0.1) is 0 Å². The Kier molecular flexibility index (Phi) is 2.66. The first-order valence-corrected chi connectivity index (χ1v) is 5.37. The van der Waals surface area contributed by atoms with Crippen LogP contribution in [0.5, 0.6) is 0 Å². The maximum Gasteiger partial charge on any atom is 0.220 e. The van der Waals surface area contributed by atoms with Crippen molar-refractivity contribution < 1.29 is 0 Å². The van der Waals surface area contributed by atoms with Crippen LogP contribution in [0.25, 0.3) is 0 Å². The van der Waals surface area contributed by atoms with Crippen molar-refractivity contribution in [1.82, 2.24) is 9.97 Å². The van der Waals surface area contributed by atoms with Gasteiger partial charge in [-0.05, 0) is 25.8 Å². The van der Waals surface area contributed by atoms with Crippen molar-refractivity contribution in [1.29, 1.82) is 0 Å². The van der Waals surface area contributed by atoms with Crippen molar-refractivity contribution in [3.8, 4) is 0 Å². The van der Waals surface area contributed by atoms with Crippen LogP contribution in [0, 0.1) is 6.92 Å². The molecule has 1 aromatic rings. The first kappa shape index (κ1) is 9.44. The molecule has 3 heteroatoms. The van der Waals surface area contributed by atoms with E-state index in [-0.39, 0.29) is 0 Å². The highest BCUT2D eigenvalue weighted by Gasteiger charge is 2.17. The fraction of sp³-hybridized carbons (Fsp3) is 0.636. The number of hydrogen-bond donors (Lipinski definition) is 1. The summed E-state index contributed by atoms with van der Waals surface area (Å²) in [4.78, 5) is 8.42. The van der Waals surface area contributed by atoms with Gasteiger partial charge in [0.15, 0.2) is 0 Å². The molecule has 1 aliphatic carbocycles. The molecule has 0 spiro atoms. The lowest BCUT2D eigenvalue weighted by molar-refractivity contribution is 0.436. The van der Waals surface area contributed by atoms with E-state index >= 15 is 0 Å². The third kappa shape index (κ3) is 2.03. The standard InChI is InChI=1S/C11H17N3/c1-8-7-10(14-11(12)13-8)9-5-3-2-4-6-9/h7,9H,2-6H2,1H3,(H2,12,13,14). The monoisotopic (exact) mass is 191 g/mol. The Labute approximate surface area is 84.8 Å². The normalized spacial score (nSPS) is 18.4. The molecule has 2 rings (SSSR count). The maximum atomic E-state index is 5.64. The molecule has 2 N–H and O–H groups in total. The van der Waals surface area contributed by atoms with Crippen molar-refractivity contribution in [3.63, 3.8) is 0 Å². The van der Waals surface area contributed by atoms with Crippen LogP contribution in [0.3, 0.4) is 0 Å². The zero-order chi connectivity index (χ0) is 9.97. The summed E-state index contributed by atoms with van der Waals surface area (Å²) < 4.78 is 0. The molecule has 0 aromatic carbocycles. The van der Waals surface area contributed by atoms with E-state index < -0.39 is 0 Å². The van der Waals surface area contributed by atoms with Gasteiger partial charge in [-0.25, -0.2) is 9.97 Å². The highest BCUT2D eigenvalue weighted by atomic mass is 15.0. The van der Waals surface area contributed by atoms with Crippen LogP contribution in [0.2, 0.25) is 0 Å². The summed E-state index contributed by atoms with van der Waals surface area (Å²) in [6.45, 7) is 1.98. The van der Waals surface area contributed by atoms with Crippen LogP contribution in [-0.2, 0) is 0 Å². The Hall–Kier alpha value is -1.12. The molecule has 0 unspecified atom stereocenters. The summed E-state index contributed by atoms with van der Waals surface area (Å²) in [6, 6.07) is 2.08.